The zero-order valence-electron chi connectivity index (χ0n) is 14.7. The number of esters is 1. The highest BCUT2D eigenvalue weighted by molar-refractivity contribution is 5.93. The highest BCUT2D eigenvalue weighted by Crippen LogP contribution is 2.20. The summed E-state index contributed by atoms with van der Waals surface area (Å²) in [6, 6.07) is 18.6. The maximum Gasteiger partial charge on any atom is 0.344 e. The van der Waals surface area contributed by atoms with E-state index in [9.17, 15) is 19.7 Å². The van der Waals surface area contributed by atoms with E-state index in [0.717, 1.165) is 10.8 Å². The van der Waals surface area contributed by atoms with Gasteiger partial charge < -0.3 is 14.8 Å². The summed E-state index contributed by atoms with van der Waals surface area (Å²) in [5.41, 5.74) is 0.0845. The Bertz CT molecular complexity index is 1030. The van der Waals surface area contributed by atoms with Crippen LogP contribution in [0.4, 0.5) is 11.4 Å². The molecule has 0 saturated carbocycles. The average Bonchev–Trinajstić information content (AvgIpc) is 2.70. The first-order valence-electron chi connectivity index (χ1n) is 8.33. The predicted octanol–water partition coefficient (Wildman–Crippen LogP) is 3.31. The number of nitrogens with one attached hydrogen (secondary N) is 1. The maximum atomic E-state index is 11.8. The molecule has 0 aliphatic carbocycles. The van der Waals surface area contributed by atoms with Crippen LogP contribution in [0.1, 0.15) is 0 Å². The Morgan fingerprint density at radius 1 is 0.929 bits per heavy atom. The fourth-order valence-electron chi connectivity index (χ4n) is 2.48. The number of rotatable bonds is 7. The number of fused-ring (bicyclic) bond motifs is 1. The zero-order valence-corrected chi connectivity index (χ0v) is 14.7. The van der Waals surface area contributed by atoms with Crippen LogP contribution in [-0.2, 0) is 14.3 Å². The van der Waals surface area contributed by atoms with Crippen molar-refractivity contribution in [2.45, 2.75) is 0 Å². The fourth-order valence-corrected chi connectivity index (χ4v) is 2.48. The number of nitro benzene ring substituents is 1. The predicted molar refractivity (Wildman–Crippen MR) is 102 cm³/mol. The van der Waals surface area contributed by atoms with Crippen LogP contribution in [-0.4, -0.2) is 30.0 Å². The molecule has 3 aromatic carbocycles. The zero-order chi connectivity index (χ0) is 19.9. The lowest BCUT2D eigenvalue weighted by Gasteiger charge is -2.08. The van der Waals surface area contributed by atoms with Gasteiger partial charge in [-0.05, 0) is 29.0 Å². The molecule has 8 nitrogen and oxygen atoms in total. The third-order valence-electron chi connectivity index (χ3n) is 3.78. The second-order valence-corrected chi connectivity index (χ2v) is 5.81. The summed E-state index contributed by atoms with van der Waals surface area (Å²) in [5.74, 6) is -0.807. The minimum absolute atomic E-state index is 0.154. The van der Waals surface area contributed by atoms with E-state index < -0.39 is 23.4 Å². The van der Waals surface area contributed by atoms with Crippen LogP contribution in [0.25, 0.3) is 10.8 Å². The highest BCUT2D eigenvalue weighted by Gasteiger charge is 2.11. The third-order valence-corrected chi connectivity index (χ3v) is 3.78. The van der Waals surface area contributed by atoms with Gasteiger partial charge in [0.25, 0.3) is 11.6 Å². The topological polar surface area (TPSA) is 108 Å². The molecule has 3 aromatic rings. The van der Waals surface area contributed by atoms with Gasteiger partial charge >= 0.3 is 5.97 Å². The van der Waals surface area contributed by atoms with E-state index >= 15 is 0 Å². The van der Waals surface area contributed by atoms with Gasteiger partial charge in [-0.2, -0.15) is 0 Å². The van der Waals surface area contributed by atoms with Gasteiger partial charge in [-0.1, -0.05) is 36.4 Å². The van der Waals surface area contributed by atoms with Crippen molar-refractivity contribution >= 4 is 34.0 Å². The number of ether oxygens (including phenoxy) is 2. The van der Waals surface area contributed by atoms with Crippen molar-refractivity contribution in [2.75, 3.05) is 18.5 Å². The van der Waals surface area contributed by atoms with Crippen molar-refractivity contribution in [3.05, 3.63) is 76.8 Å². The van der Waals surface area contributed by atoms with Crippen LogP contribution >= 0.6 is 0 Å². The van der Waals surface area contributed by atoms with Crippen LogP contribution in [0.2, 0.25) is 0 Å². The molecule has 0 atom stereocenters. The average molecular weight is 380 g/mol. The molecule has 3 rings (SSSR count). The molecule has 8 heteroatoms. The molecule has 0 spiro atoms. The quantitative estimate of drug-likeness (QED) is 0.383. The normalized spacial score (nSPS) is 10.3. The maximum absolute atomic E-state index is 11.8. The second-order valence-electron chi connectivity index (χ2n) is 5.81. The molecule has 0 aromatic heterocycles. The fraction of sp³-hybridized carbons (Fsp3) is 0.100. The van der Waals surface area contributed by atoms with Crippen molar-refractivity contribution < 1.29 is 24.0 Å². The van der Waals surface area contributed by atoms with Crippen molar-refractivity contribution in [1.82, 2.24) is 0 Å². The number of hydrogen-bond acceptors (Lipinski definition) is 6. The van der Waals surface area contributed by atoms with Crippen molar-refractivity contribution in [3.63, 3.8) is 0 Å². The number of carbonyl (C=O) groups is 2. The Balaban J connectivity index is 1.46. The molecule has 28 heavy (non-hydrogen) atoms. The third kappa shape index (κ3) is 5.04. The van der Waals surface area contributed by atoms with Gasteiger partial charge in [0.2, 0.25) is 0 Å². The first-order chi connectivity index (χ1) is 13.5. The molecule has 1 amide bonds. The summed E-state index contributed by atoms with van der Waals surface area (Å²) in [7, 11) is 0. The Morgan fingerprint density at radius 3 is 2.50 bits per heavy atom. The minimum atomic E-state index is -0.706. The number of carbonyl (C=O) groups excluding carboxylic acids is 2. The molecule has 0 unspecified atom stereocenters. The minimum Gasteiger partial charge on any atom is -0.482 e. The van der Waals surface area contributed by atoms with E-state index in [4.69, 9.17) is 9.47 Å². The molecule has 0 heterocycles. The SMILES string of the molecule is O=C(COC(=O)COc1ccc2ccccc2c1)Nc1cccc([N+](=O)[O-])c1. The first kappa shape index (κ1) is 18.8. The molecular weight excluding hydrogens is 364 g/mol. The highest BCUT2D eigenvalue weighted by atomic mass is 16.6. The Morgan fingerprint density at radius 2 is 1.71 bits per heavy atom. The smallest absolute Gasteiger partial charge is 0.344 e. The number of nitrogens with zero attached hydrogens (tertiary/aromatic N) is 1. The van der Waals surface area contributed by atoms with Crippen molar-refractivity contribution in [3.8, 4) is 5.75 Å². The number of anilines is 1. The van der Waals surface area contributed by atoms with E-state index in [1.54, 1.807) is 12.1 Å². The van der Waals surface area contributed by atoms with Crippen molar-refractivity contribution in [2.24, 2.45) is 0 Å². The van der Waals surface area contributed by atoms with E-state index in [1.807, 2.05) is 30.3 Å². The summed E-state index contributed by atoms with van der Waals surface area (Å²) in [4.78, 5) is 33.7. The standard InChI is InChI=1S/C20H16N2O6/c23-19(21-16-6-3-7-17(11-16)22(25)26)12-28-20(24)13-27-18-9-8-14-4-1-2-5-15(14)10-18/h1-11H,12-13H2,(H,21,23). The van der Waals surface area contributed by atoms with Crippen molar-refractivity contribution in [1.29, 1.82) is 0 Å². The molecule has 1 N–H and O–H groups in total. The van der Waals surface area contributed by atoms with E-state index in [-0.39, 0.29) is 18.0 Å². The Labute approximate surface area is 159 Å². The van der Waals surface area contributed by atoms with Gasteiger partial charge in [-0.15, -0.1) is 0 Å². The van der Waals surface area contributed by atoms with E-state index in [2.05, 4.69) is 5.32 Å². The summed E-state index contributed by atoms with van der Waals surface area (Å²) in [6.07, 6.45) is 0. The van der Waals surface area contributed by atoms with Crippen LogP contribution < -0.4 is 10.1 Å². The molecule has 0 aliphatic rings. The van der Waals surface area contributed by atoms with Gasteiger partial charge in [0.15, 0.2) is 13.2 Å². The van der Waals surface area contributed by atoms with Gasteiger partial charge in [0, 0.05) is 17.8 Å². The lowest BCUT2D eigenvalue weighted by molar-refractivity contribution is -0.384. The van der Waals surface area contributed by atoms with Crippen LogP contribution in [0, 0.1) is 10.1 Å². The van der Waals surface area contributed by atoms with Crippen LogP contribution in [0.3, 0.4) is 0 Å². The Kier molecular flexibility index (Phi) is 5.81. The number of amides is 1. The van der Waals surface area contributed by atoms with Gasteiger partial charge in [0.1, 0.15) is 5.75 Å². The molecule has 142 valence electrons. The Hall–Kier alpha value is -3.94. The second kappa shape index (κ2) is 8.63. The summed E-state index contributed by atoms with van der Waals surface area (Å²) in [6.45, 7) is -0.870. The number of non-ortho nitro benzene ring substituents is 1. The van der Waals surface area contributed by atoms with Crippen LogP contribution in [0.5, 0.6) is 5.75 Å². The van der Waals surface area contributed by atoms with E-state index in [0.29, 0.717) is 5.75 Å². The van der Waals surface area contributed by atoms with Gasteiger partial charge in [0.05, 0.1) is 4.92 Å². The lowest BCUT2D eigenvalue weighted by Crippen LogP contribution is -2.23. The molecule has 0 bridgehead atoms. The molecule has 0 saturated heterocycles. The summed E-state index contributed by atoms with van der Waals surface area (Å²) < 4.78 is 10.2. The van der Waals surface area contributed by atoms with Gasteiger partial charge in [-0.25, -0.2) is 4.79 Å². The largest absolute Gasteiger partial charge is 0.482 e. The number of nitro groups is 1. The first-order valence-corrected chi connectivity index (χ1v) is 8.33. The van der Waals surface area contributed by atoms with Crippen LogP contribution in [0.15, 0.2) is 66.7 Å². The molecular formula is C20H16N2O6. The molecule has 0 aliphatic heterocycles. The number of hydrogen-bond donors (Lipinski definition) is 1. The lowest BCUT2D eigenvalue weighted by atomic mass is 10.1. The monoisotopic (exact) mass is 380 g/mol. The molecule has 0 radical (unpaired) electrons. The summed E-state index contributed by atoms with van der Waals surface area (Å²) >= 11 is 0. The molecule has 0 fully saturated rings. The summed E-state index contributed by atoms with van der Waals surface area (Å²) in [5, 5.41) is 15.2. The van der Waals surface area contributed by atoms with E-state index in [1.165, 1.54) is 24.3 Å². The van der Waals surface area contributed by atoms with Gasteiger partial charge in [-0.3, -0.25) is 14.9 Å². The number of benzene rings is 3.